The Balaban J connectivity index is 2.50. The molecule has 1 atom stereocenters. The molecule has 1 aromatic carbocycles. The summed E-state index contributed by atoms with van der Waals surface area (Å²) in [6.45, 7) is 1.80. The monoisotopic (exact) mass is 223 g/mol. The van der Waals surface area contributed by atoms with E-state index in [1.807, 2.05) is 0 Å². The van der Waals surface area contributed by atoms with Crippen molar-refractivity contribution in [1.29, 1.82) is 0 Å². The Hall–Kier alpha value is -1.75. The van der Waals surface area contributed by atoms with Crippen LogP contribution >= 0.6 is 0 Å². The maximum Gasteiger partial charge on any atom is 0.160 e. The molecule has 1 aromatic heterocycles. The molecule has 0 fully saturated rings. The summed E-state index contributed by atoms with van der Waals surface area (Å²) in [6, 6.07) is 3.44. The Morgan fingerprint density at radius 3 is 2.69 bits per heavy atom. The van der Waals surface area contributed by atoms with Crippen molar-refractivity contribution in [3.63, 3.8) is 0 Å². The topological polar surface area (TPSA) is 43.8 Å². The summed E-state index contributed by atoms with van der Waals surface area (Å²) < 4.78 is 27.5. The van der Waals surface area contributed by atoms with E-state index in [9.17, 15) is 8.78 Å². The molecule has 0 spiro atoms. The average Bonchev–Trinajstić information content (AvgIpc) is 2.71. The van der Waals surface area contributed by atoms with Crippen molar-refractivity contribution in [2.24, 2.45) is 5.73 Å². The summed E-state index contributed by atoms with van der Waals surface area (Å²) in [5.74, 6) is -1.76. The SMILES string of the molecule is C[C@@H](N)c1cncn1-c1ccc(F)c(F)c1. The quantitative estimate of drug-likeness (QED) is 0.847. The molecule has 0 bridgehead atoms. The van der Waals surface area contributed by atoms with E-state index in [2.05, 4.69) is 4.98 Å². The van der Waals surface area contributed by atoms with Crippen LogP contribution < -0.4 is 5.73 Å². The second kappa shape index (κ2) is 4.02. The lowest BCUT2D eigenvalue weighted by Gasteiger charge is -2.10. The summed E-state index contributed by atoms with van der Waals surface area (Å²) in [7, 11) is 0. The third kappa shape index (κ3) is 1.81. The fraction of sp³-hybridized carbons (Fsp3) is 0.182. The van der Waals surface area contributed by atoms with Crippen LogP contribution in [0.2, 0.25) is 0 Å². The standard InChI is InChI=1S/C11H11F2N3/c1-7(14)11-5-15-6-16(11)8-2-3-9(12)10(13)4-8/h2-7H,14H2,1H3/t7-/m1/s1. The van der Waals surface area contributed by atoms with E-state index in [-0.39, 0.29) is 6.04 Å². The van der Waals surface area contributed by atoms with Crippen LogP contribution in [0.15, 0.2) is 30.7 Å². The molecule has 5 heteroatoms. The molecule has 3 nitrogen and oxygen atoms in total. The fourth-order valence-corrected chi connectivity index (χ4v) is 1.49. The van der Waals surface area contributed by atoms with Crippen LogP contribution in [0.25, 0.3) is 5.69 Å². The minimum atomic E-state index is -0.887. The summed E-state index contributed by atoms with van der Waals surface area (Å²) in [6.07, 6.45) is 3.12. The van der Waals surface area contributed by atoms with Crippen molar-refractivity contribution in [1.82, 2.24) is 9.55 Å². The van der Waals surface area contributed by atoms with Crippen molar-refractivity contribution >= 4 is 0 Å². The maximum atomic E-state index is 13.1. The molecule has 0 amide bonds. The number of rotatable bonds is 2. The molecule has 0 aliphatic rings. The zero-order chi connectivity index (χ0) is 11.7. The van der Waals surface area contributed by atoms with Gasteiger partial charge in [0.25, 0.3) is 0 Å². The fourth-order valence-electron chi connectivity index (χ4n) is 1.49. The van der Waals surface area contributed by atoms with Crippen LogP contribution in [0.5, 0.6) is 0 Å². The lowest BCUT2D eigenvalue weighted by atomic mass is 10.2. The lowest BCUT2D eigenvalue weighted by molar-refractivity contribution is 0.507. The molecular weight excluding hydrogens is 212 g/mol. The number of hydrogen-bond acceptors (Lipinski definition) is 2. The van der Waals surface area contributed by atoms with Crippen molar-refractivity contribution in [3.8, 4) is 5.69 Å². The maximum absolute atomic E-state index is 13.1. The first-order valence-corrected chi connectivity index (χ1v) is 4.83. The van der Waals surface area contributed by atoms with Crippen LogP contribution in [0.4, 0.5) is 8.78 Å². The Bertz CT molecular complexity index is 506. The van der Waals surface area contributed by atoms with Crippen LogP contribution in [0, 0.1) is 11.6 Å². The molecule has 0 saturated heterocycles. The summed E-state index contributed by atoms with van der Waals surface area (Å²) in [5.41, 5.74) is 6.98. The van der Waals surface area contributed by atoms with Gasteiger partial charge in [-0.15, -0.1) is 0 Å². The molecule has 2 rings (SSSR count). The zero-order valence-corrected chi connectivity index (χ0v) is 8.69. The van der Waals surface area contributed by atoms with Gasteiger partial charge in [0.05, 0.1) is 18.2 Å². The summed E-state index contributed by atoms with van der Waals surface area (Å²) in [5, 5.41) is 0. The second-order valence-corrected chi connectivity index (χ2v) is 3.58. The van der Waals surface area contributed by atoms with Gasteiger partial charge >= 0.3 is 0 Å². The molecule has 2 N–H and O–H groups in total. The van der Waals surface area contributed by atoms with Gasteiger partial charge < -0.3 is 10.3 Å². The van der Waals surface area contributed by atoms with Crippen molar-refractivity contribution in [2.75, 3.05) is 0 Å². The highest BCUT2D eigenvalue weighted by Gasteiger charge is 2.10. The Labute approximate surface area is 91.5 Å². The first-order chi connectivity index (χ1) is 7.59. The van der Waals surface area contributed by atoms with Gasteiger partial charge in [0.15, 0.2) is 11.6 Å². The number of imidazole rings is 1. The highest BCUT2D eigenvalue weighted by molar-refractivity contribution is 5.35. The van der Waals surface area contributed by atoms with Gasteiger partial charge in [-0.3, -0.25) is 0 Å². The van der Waals surface area contributed by atoms with Gasteiger partial charge in [-0.1, -0.05) is 0 Å². The molecular formula is C11H11F2N3. The Kier molecular flexibility index (Phi) is 2.70. The van der Waals surface area contributed by atoms with Gasteiger partial charge in [0.1, 0.15) is 0 Å². The molecule has 0 saturated carbocycles. The number of nitrogens with two attached hydrogens (primary N) is 1. The number of nitrogens with zero attached hydrogens (tertiary/aromatic N) is 2. The van der Waals surface area contributed by atoms with E-state index < -0.39 is 11.6 Å². The van der Waals surface area contributed by atoms with Gasteiger partial charge in [-0.2, -0.15) is 0 Å². The number of hydrogen-bond donors (Lipinski definition) is 1. The van der Waals surface area contributed by atoms with Crippen LogP contribution in [-0.4, -0.2) is 9.55 Å². The van der Waals surface area contributed by atoms with Crippen molar-refractivity contribution in [3.05, 3.63) is 48.1 Å². The van der Waals surface area contributed by atoms with E-state index in [0.29, 0.717) is 5.69 Å². The molecule has 16 heavy (non-hydrogen) atoms. The van der Waals surface area contributed by atoms with Gasteiger partial charge in [0, 0.05) is 17.8 Å². The predicted molar refractivity (Wildman–Crippen MR) is 56.1 cm³/mol. The number of aromatic nitrogens is 2. The molecule has 0 unspecified atom stereocenters. The predicted octanol–water partition coefficient (Wildman–Crippen LogP) is 2.17. The van der Waals surface area contributed by atoms with Crippen molar-refractivity contribution in [2.45, 2.75) is 13.0 Å². The molecule has 0 aliphatic heterocycles. The number of benzene rings is 1. The lowest BCUT2D eigenvalue weighted by Crippen LogP contribution is -2.10. The van der Waals surface area contributed by atoms with Crippen LogP contribution in [0.1, 0.15) is 18.7 Å². The smallest absolute Gasteiger partial charge is 0.160 e. The van der Waals surface area contributed by atoms with Crippen molar-refractivity contribution < 1.29 is 8.78 Å². The largest absolute Gasteiger partial charge is 0.323 e. The summed E-state index contributed by atoms with van der Waals surface area (Å²) in [4.78, 5) is 3.94. The van der Waals surface area contributed by atoms with Gasteiger partial charge in [0.2, 0.25) is 0 Å². The van der Waals surface area contributed by atoms with Gasteiger partial charge in [-0.25, -0.2) is 13.8 Å². The van der Waals surface area contributed by atoms with E-state index in [1.165, 1.54) is 12.4 Å². The van der Waals surface area contributed by atoms with E-state index in [0.717, 1.165) is 17.8 Å². The molecule has 0 aliphatic carbocycles. The first kappa shape index (κ1) is 10.8. The van der Waals surface area contributed by atoms with E-state index >= 15 is 0 Å². The Morgan fingerprint density at radius 2 is 2.06 bits per heavy atom. The highest BCUT2D eigenvalue weighted by Crippen LogP contribution is 2.17. The minimum absolute atomic E-state index is 0.226. The first-order valence-electron chi connectivity index (χ1n) is 4.83. The van der Waals surface area contributed by atoms with E-state index in [1.54, 1.807) is 17.7 Å². The summed E-state index contributed by atoms with van der Waals surface area (Å²) >= 11 is 0. The molecule has 0 radical (unpaired) electrons. The third-order valence-electron chi connectivity index (χ3n) is 2.31. The average molecular weight is 223 g/mol. The molecule has 2 aromatic rings. The zero-order valence-electron chi connectivity index (χ0n) is 8.69. The van der Waals surface area contributed by atoms with E-state index in [4.69, 9.17) is 5.73 Å². The highest BCUT2D eigenvalue weighted by atomic mass is 19.2. The van der Waals surface area contributed by atoms with Crippen LogP contribution in [-0.2, 0) is 0 Å². The Morgan fingerprint density at radius 1 is 1.31 bits per heavy atom. The number of halogens is 2. The third-order valence-corrected chi connectivity index (χ3v) is 2.31. The second-order valence-electron chi connectivity index (χ2n) is 3.58. The van der Waals surface area contributed by atoms with Gasteiger partial charge in [-0.05, 0) is 19.1 Å². The molecule has 84 valence electrons. The minimum Gasteiger partial charge on any atom is -0.323 e. The molecule has 1 heterocycles. The normalized spacial score (nSPS) is 12.8. The van der Waals surface area contributed by atoms with Crippen LogP contribution in [0.3, 0.4) is 0 Å².